The monoisotopic (exact) mass is 277 g/mol. The van der Waals surface area contributed by atoms with Gasteiger partial charge in [-0.3, -0.25) is 4.79 Å². The van der Waals surface area contributed by atoms with Crippen molar-refractivity contribution in [2.75, 3.05) is 0 Å². The fraction of sp³-hybridized carbons (Fsp3) is 0. The van der Waals surface area contributed by atoms with Gasteiger partial charge in [-0.05, 0) is 18.2 Å². The van der Waals surface area contributed by atoms with Crippen LogP contribution in [-0.2, 0) is 0 Å². The molecule has 9 heteroatoms. The molecule has 0 saturated heterocycles. The molecule has 96 valence electrons. The Kier molecular flexibility index (Phi) is 2.42. The Bertz CT molecular complexity index is 508. The summed E-state index contributed by atoms with van der Waals surface area (Å²) in [7, 11) is -9.94. The van der Waals surface area contributed by atoms with Crippen molar-refractivity contribution >= 4 is 22.2 Å². The number of carbonyl (C=O) groups is 1. The van der Waals surface area contributed by atoms with Gasteiger partial charge in [0, 0.05) is 0 Å². The topological polar surface area (TPSA) is 40.9 Å². The number of halogens is 6. The normalized spacial score (nSPS) is 15.9. The summed E-state index contributed by atoms with van der Waals surface area (Å²) in [6.45, 7) is 0. The van der Waals surface area contributed by atoms with Gasteiger partial charge in [0.1, 0.15) is 10.7 Å². The Balaban J connectivity index is 3.44. The largest absolute Gasteiger partial charge is 0.310 e. The van der Waals surface area contributed by atoms with Gasteiger partial charge in [0.15, 0.2) is 0 Å². The summed E-state index contributed by atoms with van der Waals surface area (Å²) in [6.07, 6.45) is 0.165. The van der Waals surface area contributed by atoms with Crippen LogP contribution in [0.4, 0.5) is 23.8 Å². The first-order chi connectivity index (χ1) is 7.35. The Hall–Kier alpha value is -1.51. The molecule has 17 heavy (non-hydrogen) atoms. The molecule has 0 amide bonds. The van der Waals surface area contributed by atoms with E-state index in [-0.39, 0.29) is 18.3 Å². The molecule has 0 aromatic heterocycles. The highest BCUT2D eigenvalue weighted by Crippen LogP contribution is 3.02. The number of ketones is 1. The maximum absolute atomic E-state index is 13.0. The molecule has 0 spiro atoms. The minimum absolute atomic E-state index is 0.0820. The molecule has 0 unspecified atom stereocenters. The number of benzene rings is 1. The first-order valence-corrected chi connectivity index (χ1v) is 5.89. The highest BCUT2D eigenvalue weighted by atomic mass is 32.5. The van der Waals surface area contributed by atoms with Gasteiger partial charge in [-0.1, -0.05) is 19.4 Å². The average molecular weight is 277 g/mol. The third-order valence-corrected chi connectivity index (χ3v) is 2.93. The summed E-state index contributed by atoms with van der Waals surface area (Å²) < 4.78 is 74.2. The molecule has 0 saturated carbocycles. The van der Waals surface area contributed by atoms with E-state index in [2.05, 4.69) is 0 Å². The van der Waals surface area contributed by atoms with Gasteiger partial charge in [0.05, 0.1) is 11.8 Å². The van der Waals surface area contributed by atoms with Crippen molar-refractivity contribution in [3.8, 4) is 0 Å². The Morgan fingerprint density at radius 3 is 2.06 bits per heavy atom. The summed E-state index contributed by atoms with van der Waals surface area (Å²) in [5, 5.41) is 6.49. The van der Waals surface area contributed by atoms with Crippen LogP contribution < -0.4 is 0 Å². The van der Waals surface area contributed by atoms with Crippen LogP contribution in [0.1, 0.15) is 10.4 Å². The van der Waals surface area contributed by atoms with E-state index in [4.69, 9.17) is 5.41 Å². The Labute approximate surface area is 91.5 Å². The van der Waals surface area contributed by atoms with Crippen molar-refractivity contribution in [3.63, 3.8) is 0 Å². The highest BCUT2D eigenvalue weighted by molar-refractivity contribution is 8.45. The molecular formula is C8H5F6NOS. The van der Waals surface area contributed by atoms with E-state index in [1.807, 2.05) is 0 Å². The first-order valence-electron chi connectivity index (χ1n) is 3.93. The second-order valence-corrected chi connectivity index (χ2v) is 5.53. The van der Waals surface area contributed by atoms with Crippen molar-refractivity contribution < 1.29 is 28.6 Å². The van der Waals surface area contributed by atoms with Gasteiger partial charge in [-0.25, -0.2) is 4.39 Å². The van der Waals surface area contributed by atoms with Crippen LogP contribution in [0.15, 0.2) is 23.1 Å². The molecular weight excluding hydrogens is 272 g/mol. The molecule has 1 aromatic rings. The van der Waals surface area contributed by atoms with Gasteiger partial charge < -0.3 is 5.41 Å². The van der Waals surface area contributed by atoms with Crippen molar-refractivity contribution in [1.29, 1.82) is 5.41 Å². The van der Waals surface area contributed by atoms with Crippen LogP contribution in [0.2, 0.25) is 0 Å². The van der Waals surface area contributed by atoms with Crippen molar-refractivity contribution in [2.45, 2.75) is 4.90 Å². The standard InChI is InChI=1S/C8H5F6NOS/c9-7-3-5(17(10,11,12,13)14)1-2-6(7)8(16)4-15/h1-4,15H. The number of hydrogen-bond acceptors (Lipinski definition) is 2. The van der Waals surface area contributed by atoms with E-state index in [0.717, 1.165) is 0 Å². The minimum atomic E-state index is -9.94. The van der Waals surface area contributed by atoms with Crippen molar-refractivity contribution in [2.24, 2.45) is 0 Å². The quantitative estimate of drug-likeness (QED) is 0.499. The maximum Gasteiger partial charge on any atom is 0.310 e. The zero-order valence-corrected chi connectivity index (χ0v) is 8.71. The number of nitrogens with one attached hydrogen (secondary N) is 1. The van der Waals surface area contributed by atoms with E-state index in [0.29, 0.717) is 0 Å². The molecule has 2 nitrogen and oxygen atoms in total. The van der Waals surface area contributed by atoms with Crippen molar-refractivity contribution in [1.82, 2.24) is 0 Å². The van der Waals surface area contributed by atoms with Gasteiger partial charge in [0.25, 0.3) is 0 Å². The van der Waals surface area contributed by atoms with E-state index in [1.165, 1.54) is 0 Å². The Morgan fingerprint density at radius 1 is 1.18 bits per heavy atom. The summed E-state index contributed by atoms with van der Waals surface area (Å²) in [5.41, 5.74) is -0.870. The zero-order valence-electron chi connectivity index (χ0n) is 7.89. The molecule has 0 radical (unpaired) electrons. The summed E-state index contributed by atoms with van der Waals surface area (Å²) in [5.74, 6) is -2.96. The zero-order chi connectivity index (χ0) is 13.5. The molecule has 0 heterocycles. The molecule has 0 bridgehead atoms. The van der Waals surface area contributed by atoms with Gasteiger partial charge in [0.2, 0.25) is 5.78 Å². The molecule has 1 aromatic carbocycles. The van der Waals surface area contributed by atoms with E-state index >= 15 is 0 Å². The smallest absolute Gasteiger partial charge is 0.305 e. The number of carbonyl (C=O) groups excluding carboxylic acids is 1. The lowest BCUT2D eigenvalue weighted by Crippen LogP contribution is -2.09. The van der Waals surface area contributed by atoms with Gasteiger partial charge in [-0.2, -0.15) is 0 Å². The van der Waals surface area contributed by atoms with Gasteiger partial charge >= 0.3 is 10.2 Å². The highest BCUT2D eigenvalue weighted by Gasteiger charge is 2.65. The van der Waals surface area contributed by atoms with Crippen LogP contribution in [0.5, 0.6) is 0 Å². The maximum atomic E-state index is 13.0. The predicted octanol–water partition coefficient (Wildman–Crippen LogP) is 4.32. The summed E-state index contributed by atoms with van der Waals surface area (Å²) in [4.78, 5) is 8.40. The third-order valence-electron chi connectivity index (χ3n) is 1.78. The second-order valence-electron chi connectivity index (χ2n) is 3.12. The van der Waals surface area contributed by atoms with Crippen molar-refractivity contribution in [3.05, 3.63) is 29.6 Å². The van der Waals surface area contributed by atoms with E-state index < -0.39 is 38.3 Å². The molecule has 1 rings (SSSR count). The number of rotatable bonds is 3. The van der Waals surface area contributed by atoms with Crippen LogP contribution >= 0.6 is 10.2 Å². The lowest BCUT2D eigenvalue weighted by molar-refractivity contribution is 0.106. The second kappa shape index (κ2) is 3.03. The van der Waals surface area contributed by atoms with Crippen LogP contribution in [0, 0.1) is 11.2 Å². The Morgan fingerprint density at radius 2 is 1.71 bits per heavy atom. The van der Waals surface area contributed by atoms with Crippen LogP contribution in [0.25, 0.3) is 0 Å². The molecule has 1 N–H and O–H groups in total. The van der Waals surface area contributed by atoms with Gasteiger partial charge in [-0.15, -0.1) is 0 Å². The SMILES string of the molecule is N=CC(=O)c1ccc(S(F)(F)(F)(F)F)cc1F. The minimum Gasteiger partial charge on any atom is -0.305 e. The number of Topliss-reactive ketones (excluding diaryl/α,β-unsaturated/α-hetero) is 1. The third kappa shape index (κ3) is 2.99. The summed E-state index contributed by atoms with van der Waals surface area (Å²) >= 11 is 0. The fourth-order valence-corrected chi connectivity index (χ4v) is 1.66. The van der Waals surface area contributed by atoms with Crippen LogP contribution in [0.3, 0.4) is 0 Å². The van der Waals surface area contributed by atoms with E-state index in [9.17, 15) is 28.6 Å². The molecule has 0 atom stereocenters. The van der Waals surface area contributed by atoms with E-state index in [1.54, 1.807) is 0 Å². The first kappa shape index (κ1) is 13.6. The lowest BCUT2D eigenvalue weighted by Gasteiger charge is -2.40. The molecule has 0 aliphatic heterocycles. The average Bonchev–Trinajstić information content (AvgIpc) is 2.13. The molecule has 0 aliphatic rings. The number of hydrogen-bond donors (Lipinski definition) is 1. The molecule has 0 aliphatic carbocycles. The van der Waals surface area contributed by atoms with Crippen LogP contribution in [-0.4, -0.2) is 12.0 Å². The predicted molar refractivity (Wildman–Crippen MR) is 50.9 cm³/mol. The summed E-state index contributed by atoms with van der Waals surface area (Å²) in [6, 6.07) is -0.254. The fourth-order valence-electron chi connectivity index (χ4n) is 1.01. The molecule has 0 fully saturated rings. The lowest BCUT2D eigenvalue weighted by atomic mass is 10.1.